The number of carboxylic acids is 1. The SMILES string of the molecule is Cc1c(NC(=O)CCCCC(=O)O)cccc1C(=O)N1CCSCC1. The molecule has 25 heavy (non-hydrogen) atoms. The van der Waals surface area contributed by atoms with Gasteiger partial charge in [0, 0.05) is 48.7 Å². The average Bonchev–Trinajstić information content (AvgIpc) is 2.60. The van der Waals surface area contributed by atoms with Crippen LogP contribution >= 0.6 is 11.8 Å². The average molecular weight is 364 g/mol. The molecular weight excluding hydrogens is 340 g/mol. The van der Waals surface area contributed by atoms with Gasteiger partial charge in [-0.05, 0) is 37.5 Å². The minimum Gasteiger partial charge on any atom is -0.481 e. The van der Waals surface area contributed by atoms with Crippen LogP contribution in [0.25, 0.3) is 0 Å². The molecule has 1 saturated heterocycles. The summed E-state index contributed by atoms with van der Waals surface area (Å²) in [6.07, 6.45) is 1.35. The van der Waals surface area contributed by atoms with Crippen LogP contribution in [0, 0.1) is 6.92 Å². The van der Waals surface area contributed by atoms with Crippen molar-refractivity contribution in [2.45, 2.75) is 32.6 Å². The third-order valence-electron chi connectivity index (χ3n) is 4.18. The lowest BCUT2D eigenvalue weighted by Gasteiger charge is -2.27. The summed E-state index contributed by atoms with van der Waals surface area (Å²) >= 11 is 1.85. The Labute approximate surface area is 152 Å². The molecule has 0 spiro atoms. The minimum absolute atomic E-state index is 0.00959. The number of carbonyl (C=O) groups excluding carboxylic acids is 2. The lowest BCUT2D eigenvalue weighted by atomic mass is 10.0. The van der Waals surface area contributed by atoms with E-state index in [0.717, 1.165) is 30.2 Å². The van der Waals surface area contributed by atoms with E-state index in [2.05, 4.69) is 5.32 Å². The number of nitrogens with one attached hydrogen (secondary N) is 1. The molecule has 2 amide bonds. The first-order valence-corrected chi connectivity index (χ1v) is 9.63. The molecule has 0 radical (unpaired) electrons. The molecule has 1 fully saturated rings. The molecule has 136 valence electrons. The number of carbonyl (C=O) groups is 3. The summed E-state index contributed by atoms with van der Waals surface area (Å²) in [4.78, 5) is 37.0. The molecule has 1 heterocycles. The van der Waals surface area contributed by atoms with Crippen LogP contribution in [0.15, 0.2) is 18.2 Å². The molecule has 2 N–H and O–H groups in total. The Kier molecular flexibility index (Phi) is 7.31. The van der Waals surface area contributed by atoms with E-state index < -0.39 is 5.97 Å². The third kappa shape index (κ3) is 5.77. The van der Waals surface area contributed by atoms with Crippen LogP contribution in [0.4, 0.5) is 5.69 Å². The van der Waals surface area contributed by atoms with E-state index in [4.69, 9.17) is 5.11 Å². The first kappa shape index (κ1) is 19.3. The highest BCUT2D eigenvalue weighted by Gasteiger charge is 2.21. The number of nitrogens with zero attached hydrogens (tertiary/aromatic N) is 1. The first-order chi connectivity index (χ1) is 12.0. The normalized spacial score (nSPS) is 14.2. The molecule has 0 aromatic heterocycles. The first-order valence-electron chi connectivity index (χ1n) is 8.47. The Bertz CT molecular complexity index is 642. The van der Waals surface area contributed by atoms with Crippen molar-refractivity contribution in [1.29, 1.82) is 0 Å². The number of amides is 2. The van der Waals surface area contributed by atoms with Crippen LogP contribution in [0.5, 0.6) is 0 Å². The quantitative estimate of drug-likeness (QED) is 0.727. The number of hydrogen-bond donors (Lipinski definition) is 2. The van der Waals surface area contributed by atoms with Gasteiger partial charge in [-0.3, -0.25) is 14.4 Å². The number of rotatable bonds is 7. The van der Waals surface area contributed by atoms with Gasteiger partial charge < -0.3 is 15.3 Å². The number of aliphatic carboxylic acids is 1. The van der Waals surface area contributed by atoms with Crippen LogP contribution in [0.2, 0.25) is 0 Å². The van der Waals surface area contributed by atoms with Crippen molar-refractivity contribution in [1.82, 2.24) is 4.90 Å². The van der Waals surface area contributed by atoms with Gasteiger partial charge in [-0.2, -0.15) is 11.8 Å². The zero-order chi connectivity index (χ0) is 18.2. The van der Waals surface area contributed by atoms with Crippen molar-refractivity contribution >= 4 is 35.2 Å². The highest BCUT2D eigenvalue weighted by atomic mass is 32.2. The van der Waals surface area contributed by atoms with E-state index in [0.29, 0.717) is 24.1 Å². The van der Waals surface area contributed by atoms with Gasteiger partial charge in [0.2, 0.25) is 5.91 Å². The second-order valence-electron chi connectivity index (χ2n) is 6.03. The number of carboxylic acid groups (broad SMARTS) is 1. The predicted molar refractivity (Wildman–Crippen MR) is 99.1 cm³/mol. The molecule has 1 aliphatic rings. The van der Waals surface area contributed by atoms with Gasteiger partial charge in [-0.15, -0.1) is 0 Å². The Morgan fingerprint density at radius 2 is 1.84 bits per heavy atom. The standard InChI is InChI=1S/C18H24N2O4S/c1-13-14(18(24)20-9-11-25-12-10-20)5-4-6-15(13)19-16(21)7-2-3-8-17(22)23/h4-6H,2-3,7-12H2,1H3,(H,19,21)(H,22,23). The largest absolute Gasteiger partial charge is 0.481 e. The van der Waals surface area contributed by atoms with E-state index >= 15 is 0 Å². The second-order valence-corrected chi connectivity index (χ2v) is 7.26. The van der Waals surface area contributed by atoms with Crippen molar-refractivity contribution in [3.63, 3.8) is 0 Å². The van der Waals surface area contributed by atoms with Gasteiger partial charge in [0.25, 0.3) is 5.91 Å². The molecule has 7 heteroatoms. The van der Waals surface area contributed by atoms with Crippen molar-refractivity contribution in [2.24, 2.45) is 0 Å². The molecule has 0 unspecified atom stereocenters. The monoisotopic (exact) mass is 364 g/mol. The summed E-state index contributed by atoms with van der Waals surface area (Å²) in [6, 6.07) is 5.36. The molecular formula is C18H24N2O4S. The van der Waals surface area contributed by atoms with Crippen LogP contribution in [0.3, 0.4) is 0 Å². The van der Waals surface area contributed by atoms with Crippen LogP contribution in [0.1, 0.15) is 41.6 Å². The Balaban J connectivity index is 1.96. The zero-order valence-corrected chi connectivity index (χ0v) is 15.2. The summed E-state index contributed by atoms with van der Waals surface area (Å²) in [6.45, 7) is 3.35. The van der Waals surface area contributed by atoms with Gasteiger partial charge in [0.15, 0.2) is 0 Å². The van der Waals surface area contributed by atoms with Crippen molar-refractivity contribution in [3.05, 3.63) is 29.3 Å². The maximum Gasteiger partial charge on any atom is 0.303 e. The molecule has 0 atom stereocenters. The Morgan fingerprint density at radius 1 is 1.16 bits per heavy atom. The molecule has 1 aliphatic heterocycles. The fourth-order valence-corrected chi connectivity index (χ4v) is 3.62. The molecule has 6 nitrogen and oxygen atoms in total. The summed E-state index contributed by atoms with van der Waals surface area (Å²) in [5.41, 5.74) is 2.03. The highest BCUT2D eigenvalue weighted by molar-refractivity contribution is 7.99. The fraction of sp³-hybridized carbons (Fsp3) is 0.500. The van der Waals surface area contributed by atoms with Gasteiger partial charge in [-0.25, -0.2) is 0 Å². The zero-order valence-electron chi connectivity index (χ0n) is 14.4. The topological polar surface area (TPSA) is 86.7 Å². The number of benzene rings is 1. The van der Waals surface area contributed by atoms with Gasteiger partial charge in [0.1, 0.15) is 0 Å². The number of anilines is 1. The van der Waals surface area contributed by atoms with Crippen molar-refractivity contribution in [2.75, 3.05) is 29.9 Å². The Hall–Kier alpha value is -2.02. The van der Waals surface area contributed by atoms with E-state index in [-0.39, 0.29) is 24.7 Å². The highest BCUT2D eigenvalue weighted by Crippen LogP contribution is 2.22. The maximum absolute atomic E-state index is 12.7. The van der Waals surface area contributed by atoms with Crippen LogP contribution in [-0.4, -0.2) is 52.4 Å². The summed E-state index contributed by atoms with van der Waals surface area (Å²) < 4.78 is 0. The molecule has 0 aliphatic carbocycles. The smallest absolute Gasteiger partial charge is 0.303 e. The van der Waals surface area contributed by atoms with E-state index in [1.165, 1.54) is 0 Å². The van der Waals surface area contributed by atoms with Crippen molar-refractivity contribution < 1.29 is 19.5 Å². The Morgan fingerprint density at radius 3 is 2.52 bits per heavy atom. The molecule has 1 aromatic carbocycles. The number of unbranched alkanes of at least 4 members (excludes halogenated alkanes) is 1. The lowest BCUT2D eigenvalue weighted by Crippen LogP contribution is -2.38. The van der Waals surface area contributed by atoms with E-state index in [1.54, 1.807) is 18.2 Å². The van der Waals surface area contributed by atoms with Crippen LogP contribution in [-0.2, 0) is 9.59 Å². The molecule has 0 saturated carbocycles. The predicted octanol–water partition coefficient (Wildman–Crippen LogP) is 2.77. The van der Waals surface area contributed by atoms with E-state index in [1.807, 2.05) is 23.6 Å². The fourth-order valence-electron chi connectivity index (χ4n) is 2.71. The minimum atomic E-state index is -0.849. The number of hydrogen-bond acceptors (Lipinski definition) is 4. The van der Waals surface area contributed by atoms with Gasteiger partial charge in [0.05, 0.1) is 0 Å². The number of thioether (sulfide) groups is 1. The van der Waals surface area contributed by atoms with Gasteiger partial charge in [-0.1, -0.05) is 6.07 Å². The lowest BCUT2D eigenvalue weighted by molar-refractivity contribution is -0.137. The summed E-state index contributed by atoms with van der Waals surface area (Å²) in [7, 11) is 0. The molecule has 2 rings (SSSR count). The second kappa shape index (κ2) is 9.46. The van der Waals surface area contributed by atoms with Gasteiger partial charge >= 0.3 is 5.97 Å². The third-order valence-corrected chi connectivity index (χ3v) is 5.12. The molecule has 0 bridgehead atoms. The van der Waals surface area contributed by atoms with Crippen LogP contribution < -0.4 is 5.32 Å². The molecule has 1 aromatic rings. The summed E-state index contributed by atoms with van der Waals surface area (Å²) in [5.74, 6) is 0.913. The maximum atomic E-state index is 12.7. The summed E-state index contributed by atoms with van der Waals surface area (Å²) in [5, 5.41) is 11.4. The van der Waals surface area contributed by atoms with Crippen molar-refractivity contribution in [3.8, 4) is 0 Å². The van der Waals surface area contributed by atoms with E-state index in [9.17, 15) is 14.4 Å².